The van der Waals surface area contributed by atoms with E-state index in [0.717, 1.165) is 36.1 Å². The third-order valence-corrected chi connectivity index (χ3v) is 4.40. The summed E-state index contributed by atoms with van der Waals surface area (Å²) in [5.41, 5.74) is 1.74. The normalized spacial score (nSPS) is 19.0. The summed E-state index contributed by atoms with van der Waals surface area (Å²) in [6.45, 7) is 0.576. The van der Waals surface area contributed by atoms with Gasteiger partial charge in [-0.2, -0.15) is 13.2 Å². The summed E-state index contributed by atoms with van der Waals surface area (Å²) in [5.74, 6) is 0.504. The first-order chi connectivity index (χ1) is 11.4. The molecule has 1 aromatic carbocycles. The molecule has 2 heterocycles. The van der Waals surface area contributed by atoms with Crippen LogP contribution >= 0.6 is 0 Å². The Morgan fingerprint density at radius 2 is 2.08 bits per heavy atom. The van der Waals surface area contributed by atoms with Gasteiger partial charge in [0, 0.05) is 19.4 Å². The summed E-state index contributed by atoms with van der Waals surface area (Å²) in [4.78, 5) is 21.9. The SMILES string of the molecule is O=C(CCCC(F)(F)F)N1CCCCC1c1nc2ccccc2[nH]1. The third-order valence-electron chi connectivity index (χ3n) is 4.40. The smallest absolute Gasteiger partial charge is 0.340 e. The Kier molecular flexibility index (Phi) is 4.78. The van der Waals surface area contributed by atoms with E-state index in [1.54, 1.807) is 4.90 Å². The fraction of sp³-hybridized carbons (Fsp3) is 0.529. The number of nitrogens with one attached hydrogen (secondary N) is 1. The number of para-hydroxylation sites is 2. The van der Waals surface area contributed by atoms with Crippen LogP contribution in [0.25, 0.3) is 11.0 Å². The Bertz CT molecular complexity index is 677. The number of piperidine rings is 1. The average molecular weight is 339 g/mol. The zero-order valence-electron chi connectivity index (χ0n) is 13.3. The molecule has 0 bridgehead atoms. The topological polar surface area (TPSA) is 49.0 Å². The minimum absolute atomic E-state index is 0.0732. The van der Waals surface area contributed by atoms with E-state index >= 15 is 0 Å². The maximum absolute atomic E-state index is 12.4. The Hall–Kier alpha value is -2.05. The molecular formula is C17H20F3N3O. The molecule has 1 saturated heterocycles. The number of H-pyrrole nitrogens is 1. The summed E-state index contributed by atoms with van der Waals surface area (Å²) in [6.07, 6.45) is -2.72. The molecule has 1 fully saturated rings. The van der Waals surface area contributed by atoms with E-state index < -0.39 is 12.6 Å². The third kappa shape index (κ3) is 3.88. The first-order valence-electron chi connectivity index (χ1n) is 8.25. The van der Waals surface area contributed by atoms with Gasteiger partial charge in [-0.05, 0) is 37.8 Å². The Labute approximate surface area is 138 Å². The van der Waals surface area contributed by atoms with E-state index in [2.05, 4.69) is 9.97 Å². The van der Waals surface area contributed by atoms with Crippen molar-refractivity contribution in [3.8, 4) is 0 Å². The van der Waals surface area contributed by atoms with E-state index in [4.69, 9.17) is 0 Å². The molecular weight excluding hydrogens is 319 g/mol. The number of amides is 1. The van der Waals surface area contributed by atoms with Gasteiger partial charge in [0.2, 0.25) is 5.91 Å². The van der Waals surface area contributed by atoms with Crippen LogP contribution in [0.1, 0.15) is 50.4 Å². The average Bonchev–Trinajstić information content (AvgIpc) is 2.97. The second-order valence-corrected chi connectivity index (χ2v) is 6.21. The van der Waals surface area contributed by atoms with Crippen LogP contribution in [0.2, 0.25) is 0 Å². The number of alkyl halides is 3. The number of aromatic nitrogens is 2. The summed E-state index contributed by atoms with van der Waals surface area (Å²) >= 11 is 0. The predicted octanol–water partition coefficient (Wildman–Crippen LogP) is 4.35. The lowest BCUT2D eigenvalue weighted by atomic mass is 10.0. The fourth-order valence-electron chi connectivity index (χ4n) is 3.23. The number of likely N-dealkylation sites (tertiary alicyclic amines) is 1. The first-order valence-corrected chi connectivity index (χ1v) is 8.25. The summed E-state index contributed by atoms with van der Waals surface area (Å²) in [7, 11) is 0. The first kappa shape index (κ1) is 16.8. The Morgan fingerprint density at radius 1 is 1.29 bits per heavy atom. The van der Waals surface area contributed by atoms with Gasteiger partial charge in [-0.1, -0.05) is 12.1 Å². The Morgan fingerprint density at radius 3 is 2.83 bits per heavy atom. The number of aromatic amines is 1. The van der Waals surface area contributed by atoms with Gasteiger partial charge in [0.05, 0.1) is 17.1 Å². The molecule has 0 saturated carbocycles. The molecule has 4 nitrogen and oxygen atoms in total. The highest BCUT2D eigenvalue weighted by Crippen LogP contribution is 2.31. The molecule has 7 heteroatoms. The zero-order chi connectivity index (χ0) is 17.2. The van der Waals surface area contributed by atoms with Crippen molar-refractivity contribution in [1.29, 1.82) is 0 Å². The largest absolute Gasteiger partial charge is 0.389 e. The number of hydrogen-bond donors (Lipinski definition) is 1. The maximum atomic E-state index is 12.4. The van der Waals surface area contributed by atoms with E-state index in [-0.39, 0.29) is 24.8 Å². The summed E-state index contributed by atoms with van der Waals surface area (Å²) in [6, 6.07) is 7.45. The van der Waals surface area contributed by atoms with Crippen molar-refractivity contribution in [2.75, 3.05) is 6.54 Å². The van der Waals surface area contributed by atoms with Gasteiger partial charge < -0.3 is 9.88 Å². The van der Waals surface area contributed by atoms with E-state index in [9.17, 15) is 18.0 Å². The lowest BCUT2D eigenvalue weighted by Gasteiger charge is -2.34. The number of imidazole rings is 1. The van der Waals surface area contributed by atoms with E-state index in [1.807, 2.05) is 24.3 Å². The highest BCUT2D eigenvalue weighted by atomic mass is 19.4. The molecule has 1 amide bonds. The maximum Gasteiger partial charge on any atom is 0.389 e. The molecule has 2 aromatic rings. The number of fused-ring (bicyclic) bond motifs is 1. The highest BCUT2D eigenvalue weighted by molar-refractivity contribution is 5.77. The van der Waals surface area contributed by atoms with Crippen molar-refractivity contribution in [2.24, 2.45) is 0 Å². The number of carbonyl (C=O) groups is 1. The number of rotatable bonds is 4. The molecule has 0 radical (unpaired) electrons. The molecule has 1 aromatic heterocycles. The minimum atomic E-state index is -4.21. The number of hydrogen-bond acceptors (Lipinski definition) is 2. The molecule has 0 spiro atoms. The molecule has 1 N–H and O–H groups in total. The standard InChI is InChI=1S/C17H20F3N3O/c18-17(19,20)10-5-9-15(24)23-11-4-3-8-14(23)16-21-12-6-1-2-7-13(12)22-16/h1-2,6-7,14H,3-5,8-11H2,(H,21,22). The monoisotopic (exact) mass is 339 g/mol. The molecule has 24 heavy (non-hydrogen) atoms. The molecule has 130 valence electrons. The van der Waals surface area contributed by atoms with Gasteiger partial charge in [-0.15, -0.1) is 0 Å². The van der Waals surface area contributed by atoms with E-state index in [0.29, 0.717) is 6.54 Å². The van der Waals surface area contributed by atoms with Crippen molar-refractivity contribution >= 4 is 16.9 Å². The zero-order valence-corrected chi connectivity index (χ0v) is 13.3. The number of carbonyl (C=O) groups excluding carboxylic acids is 1. The second-order valence-electron chi connectivity index (χ2n) is 6.21. The molecule has 1 aliphatic heterocycles. The predicted molar refractivity (Wildman–Crippen MR) is 84.3 cm³/mol. The van der Waals surface area contributed by atoms with Crippen LogP contribution in [0.15, 0.2) is 24.3 Å². The number of halogens is 3. The summed E-state index contributed by atoms with van der Waals surface area (Å²) < 4.78 is 36.8. The van der Waals surface area contributed by atoms with Crippen LogP contribution in [-0.4, -0.2) is 33.5 Å². The molecule has 3 rings (SSSR count). The molecule has 1 aliphatic rings. The van der Waals surface area contributed by atoms with E-state index in [1.165, 1.54) is 0 Å². The van der Waals surface area contributed by atoms with Crippen molar-refractivity contribution in [2.45, 2.75) is 50.7 Å². The quantitative estimate of drug-likeness (QED) is 0.900. The van der Waals surface area contributed by atoms with Gasteiger partial charge in [-0.3, -0.25) is 4.79 Å². The highest BCUT2D eigenvalue weighted by Gasteiger charge is 2.31. The van der Waals surface area contributed by atoms with Crippen molar-refractivity contribution in [1.82, 2.24) is 14.9 Å². The van der Waals surface area contributed by atoms with Crippen LogP contribution in [-0.2, 0) is 4.79 Å². The fourth-order valence-corrected chi connectivity index (χ4v) is 3.23. The van der Waals surface area contributed by atoms with Crippen molar-refractivity contribution in [3.63, 3.8) is 0 Å². The molecule has 1 atom stereocenters. The minimum Gasteiger partial charge on any atom is -0.340 e. The van der Waals surface area contributed by atoms with Gasteiger partial charge in [-0.25, -0.2) is 4.98 Å². The van der Waals surface area contributed by atoms with Crippen molar-refractivity contribution < 1.29 is 18.0 Å². The van der Waals surface area contributed by atoms with Crippen LogP contribution in [0, 0.1) is 0 Å². The summed E-state index contributed by atoms with van der Waals surface area (Å²) in [5, 5.41) is 0. The lowest BCUT2D eigenvalue weighted by Crippen LogP contribution is -2.39. The van der Waals surface area contributed by atoms with Gasteiger partial charge in [0.1, 0.15) is 5.82 Å². The lowest BCUT2D eigenvalue weighted by molar-refractivity contribution is -0.142. The van der Waals surface area contributed by atoms with Gasteiger partial charge in [0.25, 0.3) is 0 Å². The number of benzene rings is 1. The van der Waals surface area contributed by atoms with Crippen molar-refractivity contribution in [3.05, 3.63) is 30.1 Å². The molecule has 1 unspecified atom stereocenters. The van der Waals surface area contributed by atoms with Crippen LogP contribution < -0.4 is 0 Å². The molecule has 0 aliphatic carbocycles. The van der Waals surface area contributed by atoms with Crippen LogP contribution in [0.5, 0.6) is 0 Å². The Balaban J connectivity index is 1.72. The van der Waals surface area contributed by atoms with Gasteiger partial charge in [0.15, 0.2) is 0 Å². The second kappa shape index (κ2) is 6.83. The van der Waals surface area contributed by atoms with Crippen LogP contribution in [0.3, 0.4) is 0 Å². The number of nitrogens with zero attached hydrogens (tertiary/aromatic N) is 2. The van der Waals surface area contributed by atoms with Gasteiger partial charge >= 0.3 is 6.18 Å². The van der Waals surface area contributed by atoms with Crippen LogP contribution in [0.4, 0.5) is 13.2 Å².